The molecule has 1 aromatic rings. The second-order valence-corrected chi connectivity index (χ2v) is 37.8. The quantitative estimate of drug-likeness (QED) is 0.0164. The second-order valence-electron chi connectivity index (χ2n) is 37.8. The number of aromatic nitrogens is 2. The lowest BCUT2D eigenvalue weighted by Gasteiger charge is -2.50. The first-order valence-electron chi connectivity index (χ1n) is 47.1. The van der Waals surface area contributed by atoms with E-state index >= 15 is 9.59 Å². The molecule has 11 unspecified atom stereocenters. The molecular weight excluding hydrogens is 1880 g/mol. The molecule has 38 atom stereocenters. The highest BCUT2D eigenvalue weighted by Crippen LogP contribution is 2.43. The van der Waals surface area contributed by atoms with Gasteiger partial charge in [0.2, 0.25) is 35.4 Å². The minimum absolute atomic E-state index is 0.00438. The van der Waals surface area contributed by atoms with E-state index in [0.717, 1.165) is 11.8 Å². The number of hydrogen-bond donors (Lipinski definition) is 26. The number of guanidine groups is 1. The highest BCUT2D eigenvalue weighted by molar-refractivity contribution is 6.00. The zero-order chi connectivity index (χ0) is 105. The number of rotatable bonds is 53. The third-order valence-corrected chi connectivity index (χ3v) is 27.0. The maximum atomic E-state index is 15.8. The van der Waals surface area contributed by atoms with Gasteiger partial charge in [-0.05, 0) is 72.1 Å². The summed E-state index contributed by atoms with van der Waals surface area (Å²) >= 11 is 0. The summed E-state index contributed by atoms with van der Waals surface area (Å²) in [7, 11) is 0. The molecule has 141 heavy (non-hydrogen) atoms. The molecule has 7 aliphatic heterocycles. The van der Waals surface area contributed by atoms with Crippen LogP contribution in [0.15, 0.2) is 17.5 Å². The number of carboxylic acid groups (broad SMARTS) is 2. The van der Waals surface area contributed by atoms with Crippen molar-refractivity contribution in [2.75, 3.05) is 65.8 Å². The number of amides is 6. The van der Waals surface area contributed by atoms with Crippen LogP contribution >= 0.6 is 0 Å². The molecule has 29 N–H and O–H groups in total. The Morgan fingerprint density at radius 1 is 0.603 bits per heavy atom. The highest BCUT2D eigenvalue weighted by atomic mass is 16.8. The number of hydrogen-bond acceptors (Lipinski definition) is 42. The van der Waals surface area contributed by atoms with Gasteiger partial charge in [0.1, 0.15) is 104 Å². The lowest BCUT2D eigenvalue weighted by molar-refractivity contribution is -0.388. The van der Waals surface area contributed by atoms with Crippen LogP contribution in [-0.2, 0) is 116 Å². The topological polar surface area (TPSA) is 852 Å². The molecule has 53 heteroatoms. The fourth-order valence-corrected chi connectivity index (χ4v) is 18.5. The van der Waals surface area contributed by atoms with Crippen molar-refractivity contribution in [2.45, 2.75) is 335 Å². The molecule has 53 nitrogen and oxygen atoms in total. The van der Waals surface area contributed by atoms with E-state index in [-0.39, 0.29) is 64.1 Å². The van der Waals surface area contributed by atoms with Crippen LogP contribution in [-0.4, -0.2) is 449 Å². The van der Waals surface area contributed by atoms with Crippen molar-refractivity contribution in [3.8, 4) is 0 Å². The maximum Gasteiger partial charge on any atom is 0.364 e. The molecule has 7 aliphatic rings. The maximum absolute atomic E-state index is 15.8. The van der Waals surface area contributed by atoms with Gasteiger partial charge in [0.25, 0.3) is 5.79 Å². The predicted molar refractivity (Wildman–Crippen MR) is 475 cm³/mol. The first-order valence-corrected chi connectivity index (χ1v) is 47.1. The Morgan fingerprint density at radius 3 is 1.76 bits per heavy atom. The number of nitrogens with one attached hydrogen (secondary N) is 5. The van der Waals surface area contributed by atoms with Crippen molar-refractivity contribution >= 4 is 82.3 Å². The molecule has 7 saturated heterocycles. The molecular formula is C88H142N12O41. The van der Waals surface area contributed by atoms with Crippen LogP contribution < -0.4 is 38.5 Å². The van der Waals surface area contributed by atoms with Gasteiger partial charge in [-0.25, -0.2) is 9.78 Å². The Morgan fingerprint density at radius 2 is 1.18 bits per heavy atom. The molecule has 0 spiro atoms. The summed E-state index contributed by atoms with van der Waals surface area (Å²) in [6.45, 7) is 5.00. The molecule has 8 heterocycles. The molecule has 1 aromatic heterocycles. The van der Waals surface area contributed by atoms with Crippen molar-refractivity contribution < 1.29 is 202 Å². The predicted octanol–water partition coefficient (Wildman–Crippen LogP) is -11.2. The Bertz CT molecular complexity index is 4350. The summed E-state index contributed by atoms with van der Waals surface area (Å²) in [4.78, 5) is 196. The van der Waals surface area contributed by atoms with Crippen LogP contribution in [0.3, 0.4) is 0 Å². The first-order chi connectivity index (χ1) is 66.4. The van der Waals surface area contributed by atoms with Crippen LogP contribution in [0.25, 0.3) is 0 Å². The zero-order valence-electron chi connectivity index (χ0n) is 79.8. The molecule has 0 radical (unpaired) electrons. The number of aliphatic hydroxyl groups is 16. The number of aliphatic carboxylic acids is 2. The summed E-state index contributed by atoms with van der Waals surface area (Å²) in [5.41, 5.74) is 17.8. The number of nitrogens with zero attached hydrogens (tertiary/aromatic N) is 4. The van der Waals surface area contributed by atoms with Crippen LogP contribution in [0.1, 0.15) is 145 Å². The lowest BCUT2D eigenvalue weighted by atomic mass is 9.84. The Hall–Kier alpha value is -8.49. The van der Waals surface area contributed by atoms with E-state index in [9.17, 15) is 145 Å². The minimum Gasteiger partial charge on any atom is -0.481 e. The number of carboxylic acids is 2. The third-order valence-electron chi connectivity index (χ3n) is 27.0. The number of ketones is 5. The Kier molecular flexibility index (Phi) is 44.7. The van der Waals surface area contributed by atoms with Crippen LogP contribution in [0, 0.1) is 47.3 Å². The van der Waals surface area contributed by atoms with E-state index in [1.54, 1.807) is 13.8 Å². The number of ether oxygens (including phenoxy) is 10. The largest absolute Gasteiger partial charge is 0.481 e. The summed E-state index contributed by atoms with van der Waals surface area (Å²) in [5.74, 6) is -27.6. The van der Waals surface area contributed by atoms with Crippen molar-refractivity contribution in [3.05, 3.63) is 18.2 Å². The van der Waals surface area contributed by atoms with Gasteiger partial charge < -0.3 is 193 Å². The van der Waals surface area contributed by atoms with E-state index in [0.29, 0.717) is 12.1 Å². The first kappa shape index (κ1) is 118. The Labute approximate surface area is 810 Å². The molecule has 0 aromatic carbocycles. The van der Waals surface area contributed by atoms with E-state index in [2.05, 4.69) is 36.2 Å². The van der Waals surface area contributed by atoms with Gasteiger partial charge in [0, 0.05) is 99.6 Å². The van der Waals surface area contributed by atoms with Crippen molar-refractivity contribution in [1.29, 1.82) is 0 Å². The number of aromatic amines is 1. The van der Waals surface area contributed by atoms with Crippen molar-refractivity contribution in [2.24, 2.45) is 69.5 Å². The summed E-state index contributed by atoms with van der Waals surface area (Å²) in [5, 5.41) is 207. The third kappa shape index (κ3) is 30.1. The number of imidazole rings is 1. The van der Waals surface area contributed by atoms with E-state index in [1.165, 1.54) is 59.0 Å². The van der Waals surface area contributed by atoms with Crippen LogP contribution in [0.5, 0.6) is 0 Å². The molecule has 7 fully saturated rings. The lowest BCUT2D eigenvalue weighted by Crippen LogP contribution is -2.68. The number of aliphatic hydroxyl groups excluding tert-OH is 16. The van der Waals surface area contributed by atoms with Crippen LogP contribution in [0.4, 0.5) is 0 Å². The smallest absolute Gasteiger partial charge is 0.364 e. The van der Waals surface area contributed by atoms with Crippen molar-refractivity contribution in [1.82, 2.24) is 41.0 Å². The fourth-order valence-electron chi connectivity index (χ4n) is 18.5. The molecule has 800 valence electrons. The number of nitrogens with two attached hydrogens (primary N) is 3. The van der Waals surface area contributed by atoms with Crippen molar-refractivity contribution in [3.63, 3.8) is 0 Å². The van der Waals surface area contributed by atoms with Gasteiger partial charge in [0.15, 0.2) is 60.0 Å². The minimum atomic E-state index is -3.17. The number of carbonyl (C=O) groups is 13. The molecule has 0 saturated carbocycles. The SMILES string of the molecule is CC(=O)[C@@H]1CCCN1C(=O)[C@H](CCCN=C(N)N)CC(=O)[C@@H](NC(=O)[C@H](CC(=O)O)CC(=O)[C@@H]1CCCN1C(=O)[C@H](C)NC(=O)[C@H](CO)CC(=O)[C@@H](NC(=O)[C@@H](CC(=O)CNC(=O)[C@@H](N)Cc1cnc[nH]1)C(C)C)C(C)O)C(C)O[C@H]1OC(CO[C@@H]2OC(CO)[C@@H](O[C@@H]3OC(CO)[C@H](O)[C@H](O)C3O)[C@H](O)C2C)[C@H](O)[C@H](O[C@@H]2OC(CO)[C@H](O)[C@H](O[C@]3(C(=O)O)C[C@@H](O)[C@@H](C)C([C@H](O)[C@H](O)CO)O3)C2O)C1C. The number of aliphatic imine (C=N–C) groups is 1. The summed E-state index contributed by atoms with van der Waals surface area (Å²) in [6.07, 6.45) is -48.5. The van der Waals surface area contributed by atoms with Gasteiger partial charge in [-0.2, -0.15) is 0 Å². The van der Waals surface area contributed by atoms with Gasteiger partial charge in [0.05, 0.1) is 126 Å². The van der Waals surface area contributed by atoms with Crippen LogP contribution in [0.2, 0.25) is 0 Å². The van der Waals surface area contributed by atoms with E-state index in [1.807, 2.05) is 0 Å². The Balaban J connectivity index is 1.08. The molecule has 8 rings (SSSR count). The van der Waals surface area contributed by atoms with E-state index < -0.39 is 398 Å². The van der Waals surface area contributed by atoms with Gasteiger partial charge in [-0.3, -0.25) is 62.5 Å². The average Bonchev–Trinajstić information content (AvgIpc) is 1.33. The molecule has 6 amide bonds. The fraction of sp³-hybridized carbons (Fsp3) is 0.807. The number of carbonyl (C=O) groups excluding carboxylic acids is 11. The molecule has 0 bridgehead atoms. The normalized spacial score (nSPS) is 32.9. The standard InChI is InChI=1S/C88H142N12O41/c1-35(2)48(24-47(108)27-94-79(127)49(89)23-46-26-92-34-95-46)78(126)97-62(41(8)107)53(110)21-45(28-101)77(125)96-39(6)80(128)100-18-12-15-51(100)52(109)20-44(22-61(114)115)76(124)98-63(54(111)19-43(13-10-16-93-87(90)91)81(129)99-17-11-14-50(99)40(7)106)42(9)133-83-38(5)72(68(120)60(137-83)33-132-82-37(4)64(116)74(59(32-105)136-82)139-84-70(122)69(121)66(118)57(30-103)134-84)138-85-71(123)75(67(119)58(31-104)135-85)141-88(86(130)131)25-55(112)36(3)73(140-88)65(117)56(113)29-102/h26,34-39,41-45,48-51,55-60,62-75,82-85,101-105,107,112-113,116-123H,10-25,27-33,89H2,1-9H3,(H,92,95)(H,94,127)(H,96,125)(H,97,126)(H,98,124)(H,114,115)(H,130,131)(H4,90,91,93)/t36-,37?,38?,39+,41?,42?,43-,44+,45+,48+,49+,50+,51+,55-,56-,57?,58?,59?,60?,62+,63+,64-,65-,66+,67+,68+,69+,70?,71?,72-,73?,74-,75+,82-,83+,84+,85+,88+/m1/s1. The van der Waals surface area contributed by atoms with Gasteiger partial charge >= 0.3 is 11.9 Å². The van der Waals surface area contributed by atoms with E-state index in [4.69, 9.17) is 64.6 Å². The zero-order valence-corrected chi connectivity index (χ0v) is 79.8. The summed E-state index contributed by atoms with van der Waals surface area (Å²) < 4.78 is 60.8. The molecule has 0 aliphatic carbocycles. The summed E-state index contributed by atoms with van der Waals surface area (Å²) in [6, 6.07) is -8.87. The van der Waals surface area contributed by atoms with Gasteiger partial charge in [-0.1, -0.05) is 34.6 Å². The average molecular weight is 2020 g/mol. The number of Topliss-reactive ketones (excluding diaryl/α,β-unsaturated/α-hetero) is 5. The second kappa shape index (κ2) is 53.6. The monoisotopic (exact) mass is 2020 g/mol. The number of H-pyrrole nitrogens is 1. The highest BCUT2D eigenvalue weighted by Gasteiger charge is 2.61. The van der Waals surface area contributed by atoms with Gasteiger partial charge in [-0.15, -0.1) is 0 Å². The number of likely N-dealkylation sites (tertiary alicyclic amines) is 2.